The van der Waals surface area contributed by atoms with Crippen molar-refractivity contribution in [2.45, 2.75) is 12.0 Å². The Bertz CT molecular complexity index is 1130. The van der Waals surface area contributed by atoms with Crippen molar-refractivity contribution in [3.63, 3.8) is 0 Å². The lowest BCUT2D eigenvalue weighted by molar-refractivity contribution is 0.0527. The molecule has 0 saturated carbocycles. The number of aliphatic hydroxyl groups is 1. The van der Waals surface area contributed by atoms with E-state index in [1.165, 1.54) is 0 Å². The number of aromatic nitrogens is 4. The van der Waals surface area contributed by atoms with Gasteiger partial charge in [-0.15, -0.1) is 11.3 Å². The monoisotopic (exact) mass is 365 g/mol. The maximum Gasteiger partial charge on any atom is 0.181 e. The second-order valence-electron chi connectivity index (χ2n) is 7.16. The number of aryl methyl sites for hydroxylation is 1. The van der Waals surface area contributed by atoms with Crippen LogP contribution in [0.5, 0.6) is 0 Å². The minimum absolute atomic E-state index is 0.675. The predicted octanol–water partition coefficient (Wildman–Crippen LogP) is 2.77. The lowest BCUT2D eigenvalue weighted by Gasteiger charge is -2.20. The van der Waals surface area contributed by atoms with Gasteiger partial charge in [0, 0.05) is 53.7 Å². The van der Waals surface area contributed by atoms with Crippen LogP contribution < -0.4 is 0 Å². The van der Waals surface area contributed by atoms with Crippen molar-refractivity contribution in [3.05, 3.63) is 41.5 Å². The summed E-state index contributed by atoms with van der Waals surface area (Å²) in [5.41, 5.74) is 1.85. The zero-order valence-electron chi connectivity index (χ0n) is 14.7. The van der Waals surface area contributed by atoms with Gasteiger partial charge in [0.15, 0.2) is 5.65 Å². The molecule has 0 aromatic carbocycles. The minimum Gasteiger partial charge on any atom is -0.383 e. The first-order chi connectivity index (χ1) is 12.5. The fraction of sp³-hybridized carbons (Fsp3) is 0.316. The normalized spacial score (nSPS) is 21.2. The number of pyridine rings is 2. The van der Waals surface area contributed by atoms with Crippen molar-refractivity contribution in [3.8, 4) is 11.3 Å². The summed E-state index contributed by atoms with van der Waals surface area (Å²) in [5.74, 6) is 0. The lowest BCUT2D eigenvalue weighted by atomic mass is 10.0. The van der Waals surface area contributed by atoms with E-state index in [0.29, 0.717) is 6.54 Å². The number of hydrogen-bond donors (Lipinski definition) is 1. The number of fused-ring (bicyclic) bond motifs is 2. The summed E-state index contributed by atoms with van der Waals surface area (Å²) in [4.78, 5) is 13.4. The third-order valence-corrected chi connectivity index (χ3v) is 6.29. The summed E-state index contributed by atoms with van der Waals surface area (Å²) in [6.45, 7) is 1.59. The van der Waals surface area contributed by atoms with Gasteiger partial charge in [-0.2, -0.15) is 5.10 Å². The van der Waals surface area contributed by atoms with Gasteiger partial charge in [0.25, 0.3) is 0 Å². The average molecular weight is 365 g/mol. The molecule has 0 unspecified atom stereocenters. The molecule has 1 aliphatic rings. The van der Waals surface area contributed by atoms with E-state index in [4.69, 9.17) is 4.98 Å². The van der Waals surface area contributed by atoms with Gasteiger partial charge in [-0.1, -0.05) is 0 Å². The highest BCUT2D eigenvalue weighted by Crippen LogP contribution is 2.38. The highest BCUT2D eigenvalue weighted by molar-refractivity contribution is 7.18. The number of thiophene rings is 1. The molecule has 1 aliphatic heterocycles. The molecule has 1 fully saturated rings. The molecule has 132 valence electrons. The molecule has 0 spiro atoms. The van der Waals surface area contributed by atoms with Gasteiger partial charge in [-0.3, -0.25) is 4.68 Å². The number of β-amino-alcohol motifs (C(OH)–C–C–N with tert-alkyl or cyclic N) is 1. The first-order valence-electron chi connectivity index (χ1n) is 8.62. The molecule has 1 atom stereocenters. The Morgan fingerprint density at radius 2 is 2.08 bits per heavy atom. The molecular weight excluding hydrogens is 346 g/mol. The molecular formula is C19H19N5OS. The summed E-state index contributed by atoms with van der Waals surface area (Å²) < 4.78 is 1.77. The molecule has 6 nitrogen and oxygen atoms in total. The molecule has 4 aromatic heterocycles. The van der Waals surface area contributed by atoms with Crippen LogP contribution in [0.15, 0.2) is 36.7 Å². The number of hydrogen-bond acceptors (Lipinski definition) is 6. The second kappa shape index (κ2) is 5.57. The van der Waals surface area contributed by atoms with Crippen LogP contribution in [-0.2, 0) is 12.6 Å². The summed E-state index contributed by atoms with van der Waals surface area (Å²) in [7, 11) is 3.94. The van der Waals surface area contributed by atoms with Gasteiger partial charge >= 0.3 is 0 Å². The standard InChI is InChI=1S/C19H19N5OS/c1-23-6-5-19(25,11-23)16-8-12-3-4-15(21-18(12)26-16)13-7-14-10-24(2)22-17(14)20-9-13/h3-4,7-10,25H,5-6,11H2,1-2H3/t19-/m0/s1. The van der Waals surface area contributed by atoms with Gasteiger partial charge in [-0.25, -0.2) is 9.97 Å². The zero-order valence-corrected chi connectivity index (χ0v) is 15.5. The summed E-state index contributed by atoms with van der Waals surface area (Å²) in [6.07, 6.45) is 4.54. The smallest absolute Gasteiger partial charge is 0.181 e. The first-order valence-corrected chi connectivity index (χ1v) is 9.44. The molecule has 26 heavy (non-hydrogen) atoms. The second-order valence-corrected chi connectivity index (χ2v) is 8.19. The van der Waals surface area contributed by atoms with E-state index in [2.05, 4.69) is 33.2 Å². The first kappa shape index (κ1) is 15.9. The predicted molar refractivity (Wildman–Crippen MR) is 103 cm³/mol. The molecule has 4 aromatic rings. The molecule has 0 radical (unpaired) electrons. The Morgan fingerprint density at radius 1 is 1.19 bits per heavy atom. The van der Waals surface area contributed by atoms with Crippen LogP contribution in [0.4, 0.5) is 0 Å². The van der Waals surface area contributed by atoms with Gasteiger partial charge in [0.1, 0.15) is 10.4 Å². The van der Waals surface area contributed by atoms with Gasteiger partial charge < -0.3 is 10.0 Å². The Labute approximate surface area is 154 Å². The average Bonchev–Trinajstić information content (AvgIpc) is 3.29. The summed E-state index contributed by atoms with van der Waals surface area (Å²) in [6, 6.07) is 8.24. The maximum atomic E-state index is 11.0. The molecule has 0 aliphatic carbocycles. The van der Waals surface area contributed by atoms with Gasteiger partial charge in [0.2, 0.25) is 0 Å². The van der Waals surface area contributed by atoms with Crippen LogP contribution in [0.25, 0.3) is 32.5 Å². The molecule has 1 N–H and O–H groups in total. The van der Waals surface area contributed by atoms with E-state index in [9.17, 15) is 5.11 Å². The van der Waals surface area contributed by atoms with E-state index in [0.717, 1.165) is 50.4 Å². The van der Waals surface area contributed by atoms with Crippen LogP contribution >= 0.6 is 11.3 Å². The molecule has 5 heterocycles. The van der Waals surface area contributed by atoms with Crippen LogP contribution in [-0.4, -0.2) is 49.9 Å². The van der Waals surface area contributed by atoms with Crippen molar-refractivity contribution < 1.29 is 5.11 Å². The Kier molecular flexibility index (Phi) is 3.40. The fourth-order valence-corrected chi connectivity index (χ4v) is 4.80. The number of likely N-dealkylation sites (N-methyl/N-ethyl adjacent to an activating group) is 1. The van der Waals surface area contributed by atoms with E-state index < -0.39 is 5.60 Å². The quantitative estimate of drug-likeness (QED) is 0.592. The van der Waals surface area contributed by atoms with E-state index in [1.807, 2.05) is 32.6 Å². The molecule has 0 bridgehead atoms. The Morgan fingerprint density at radius 3 is 2.88 bits per heavy atom. The van der Waals surface area contributed by atoms with Crippen molar-refractivity contribution in [2.24, 2.45) is 7.05 Å². The van der Waals surface area contributed by atoms with E-state index in [-0.39, 0.29) is 0 Å². The lowest BCUT2D eigenvalue weighted by Crippen LogP contribution is -2.27. The SMILES string of the molecule is CN1CC[C@@](O)(c2cc3ccc(-c4cnc5nn(C)cc5c4)nc3s2)C1. The molecule has 5 rings (SSSR count). The van der Waals surface area contributed by atoms with Crippen LogP contribution in [0.1, 0.15) is 11.3 Å². The zero-order chi connectivity index (χ0) is 17.9. The Balaban J connectivity index is 1.56. The number of rotatable bonds is 2. The maximum absolute atomic E-state index is 11.0. The van der Waals surface area contributed by atoms with Crippen LogP contribution in [0, 0.1) is 0 Å². The summed E-state index contributed by atoms with van der Waals surface area (Å²) in [5, 5.41) is 17.4. The number of nitrogens with zero attached hydrogens (tertiary/aromatic N) is 5. The topological polar surface area (TPSA) is 67.1 Å². The fourth-order valence-electron chi connectivity index (χ4n) is 3.66. The molecule has 1 saturated heterocycles. The van der Waals surface area contributed by atoms with Crippen LogP contribution in [0.2, 0.25) is 0 Å². The van der Waals surface area contributed by atoms with Crippen molar-refractivity contribution in [1.82, 2.24) is 24.6 Å². The van der Waals surface area contributed by atoms with Gasteiger partial charge in [-0.05, 0) is 37.7 Å². The van der Waals surface area contributed by atoms with E-state index in [1.54, 1.807) is 16.0 Å². The van der Waals surface area contributed by atoms with Gasteiger partial charge in [0.05, 0.1) is 5.69 Å². The van der Waals surface area contributed by atoms with Crippen molar-refractivity contribution in [2.75, 3.05) is 20.1 Å². The largest absolute Gasteiger partial charge is 0.383 e. The molecule has 7 heteroatoms. The highest BCUT2D eigenvalue weighted by atomic mass is 32.1. The molecule has 0 amide bonds. The minimum atomic E-state index is -0.754. The Hall–Kier alpha value is -2.35. The number of likely N-dealkylation sites (tertiary alicyclic amines) is 1. The highest BCUT2D eigenvalue weighted by Gasteiger charge is 2.37. The van der Waals surface area contributed by atoms with Crippen molar-refractivity contribution >= 4 is 32.6 Å². The third-order valence-electron chi connectivity index (χ3n) is 5.05. The van der Waals surface area contributed by atoms with Crippen LogP contribution in [0.3, 0.4) is 0 Å². The third kappa shape index (κ3) is 2.51. The summed E-state index contributed by atoms with van der Waals surface area (Å²) >= 11 is 1.59. The van der Waals surface area contributed by atoms with Crippen molar-refractivity contribution in [1.29, 1.82) is 0 Å². The van der Waals surface area contributed by atoms with E-state index >= 15 is 0 Å².